The Kier molecular flexibility index (Phi) is 6.84. The third-order valence-corrected chi connectivity index (χ3v) is 5.58. The summed E-state index contributed by atoms with van der Waals surface area (Å²) in [6, 6.07) is 18.2. The lowest BCUT2D eigenvalue weighted by Crippen LogP contribution is -2.31. The van der Waals surface area contributed by atoms with Crippen LogP contribution in [0, 0.1) is 0 Å². The fourth-order valence-corrected chi connectivity index (χ4v) is 3.95. The molecule has 0 radical (unpaired) electrons. The van der Waals surface area contributed by atoms with Crippen LogP contribution in [0.15, 0.2) is 73.1 Å². The molecule has 4 rings (SSSR count). The summed E-state index contributed by atoms with van der Waals surface area (Å²) in [4.78, 5) is 14.4. The molecule has 1 aliphatic heterocycles. The first kappa shape index (κ1) is 20.9. The number of tetrazole rings is 1. The molecule has 1 saturated heterocycles. The molecule has 0 saturated carbocycles. The van der Waals surface area contributed by atoms with Crippen LogP contribution < -0.4 is 0 Å². The molecule has 7 heteroatoms. The van der Waals surface area contributed by atoms with Gasteiger partial charge in [0.15, 0.2) is 0 Å². The van der Waals surface area contributed by atoms with Gasteiger partial charge in [-0.3, -0.25) is 4.79 Å². The maximum Gasteiger partial charge on any atom is 0.223 e. The molecule has 2 aromatic carbocycles. The summed E-state index contributed by atoms with van der Waals surface area (Å²) in [5.41, 5.74) is 3.38. The number of aliphatic hydroxyl groups is 1. The van der Waals surface area contributed by atoms with E-state index in [1.807, 2.05) is 53.5 Å². The normalized spacial score (nSPS) is 17.5. The second-order valence-corrected chi connectivity index (χ2v) is 7.91. The number of aliphatic hydroxyl groups excluding tert-OH is 1. The van der Waals surface area contributed by atoms with Crippen LogP contribution >= 0.6 is 0 Å². The van der Waals surface area contributed by atoms with Gasteiger partial charge >= 0.3 is 0 Å². The zero-order chi connectivity index (χ0) is 21.5. The van der Waals surface area contributed by atoms with Crippen molar-refractivity contribution in [2.45, 2.75) is 50.9 Å². The number of aryl methyl sites for hydroxylation is 2. The Morgan fingerprint density at radius 3 is 2.71 bits per heavy atom. The molecule has 0 aliphatic carbocycles. The van der Waals surface area contributed by atoms with Gasteiger partial charge in [0, 0.05) is 25.9 Å². The van der Waals surface area contributed by atoms with Crippen LogP contribution in [0.2, 0.25) is 0 Å². The number of hydrogen-bond acceptors (Lipinski definition) is 5. The molecule has 160 valence electrons. The summed E-state index contributed by atoms with van der Waals surface area (Å²) in [5.74, 6) is 0.159. The Morgan fingerprint density at radius 1 is 1.10 bits per heavy atom. The van der Waals surface area contributed by atoms with Crippen LogP contribution in [-0.2, 0) is 30.7 Å². The standard InChI is InChI=1S/C24H27N5O2/c30-23(16-19-5-2-1-3-6-19)11-9-22-10-12-24(31)29(22)17-21-8-4-7-20(15-21)13-14-28-18-25-26-27-28/h1-9,11,15,18,22-23,30H,10,12-14,16-17H2/t22-,23+/m0/s1. The van der Waals surface area contributed by atoms with Crippen molar-refractivity contribution in [1.82, 2.24) is 25.1 Å². The van der Waals surface area contributed by atoms with Gasteiger partial charge in [-0.2, -0.15) is 0 Å². The number of hydrogen-bond donors (Lipinski definition) is 1. The summed E-state index contributed by atoms with van der Waals surface area (Å²) in [5, 5.41) is 21.6. The maximum absolute atomic E-state index is 12.5. The minimum atomic E-state index is -0.561. The van der Waals surface area contributed by atoms with Crippen LogP contribution in [0.4, 0.5) is 0 Å². The summed E-state index contributed by atoms with van der Waals surface area (Å²) in [7, 11) is 0. The van der Waals surface area contributed by atoms with Crippen molar-refractivity contribution >= 4 is 5.91 Å². The Bertz CT molecular complexity index is 1000. The fourth-order valence-electron chi connectivity index (χ4n) is 3.95. The maximum atomic E-state index is 12.5. The first-order valence-corrected chi connectivity index (χ1v) is 10.7. The lowest BCUT2D eigenvalue weighted by Gasteiger charge is -2.23. The highest BCUT2D eigenvalue weighted by Gasteiger charge is 2.29. The number of benzene rings is 2. The van der Waals surface area contributed by atoms with E-state index in [4.69, 9.17) is 0 Å². The number of likely N-dealkylation sites (tertiary alicyclic amines) is 1. The summed E-state index contributed by atoms with van der Waals surface area (Å²) < 4.78 is 1.71. The highest BCUT2D eigenvalue weighted by Crippen LogP contribution is 2.23. The molecule has 1 amide bonds. The van der Waals surface area contributed by atoms with E-state index in [1.54, 1.807) is 11.0 Å². The lowest BCUT2D eigenvalue weighted by molar-refractivity contribution is -0.129. The predicted molar refractivity (Wildman–Crippen MR) is 117 cm³/mol. The van der Waals surface area contributed by atoms with Gasteiger partial charge in [0.05, 0.1) is 12.1 Å². The van der Waals surface area contributed by atoms with E-state index in [2.05, 4.69) is 33.7 Å². The van der Waals surface area contributed by atoms with Crippen LogP contribution in [0.3, 0.4) is 0 Å². The predicted octanol–water partition coefficient (Wildman–Crippen LogP) is 2.57. The van der Waals surface area contributed by atoms with E-state index >= 15 is 0 Å². The quantitative estimate of drug-likeness (QED) is 0.541. The molecule has 2 atom stereocenters. The Morgan fingerprint density at radius 2 is 1.90 bits per heavy atom. The van der Waals surface area contributed by atoms with Crippen molar-refractivity contribution < 1.29 is 9.90 Å². The van der Waals surface area contributed by atoms with Crippen LogP contribution in [0.5, 0.6) is 0 Å². The minimum absolute atomic E-state index is 0.0165. The molecule has 3 aromatic rings. The van der Waals surface area contributed by atoms with Gasteiger partial charge in [-0.25, -0.2) is 4.68 Å². The van der Waals surface area contributed by atoms with Gasteiger partial charge in [-0.1, -0.05) is 66.7 Å². The van der Waals surface area contributed by atoms with Gasteiger partial charge in [-0.05, 0) is 40.0 Å². The molecule has 2 heterocycles. The molecular weight excluding hydrogens is 390 g/mol. The van der Waals surface area contributed by atoms with Gasteiger partial charge in [0.2, 0.25) is 5.91 Å². The van der Waals surface area contributed by atoms with Gasteiger partial charge in [-0.15, -0.1) is 5.10 Å². The fraction of sp³-hybridized carbons (Fsp3) is 0.333. The van der Waals surface area contributed by atoms with E-state index in [9.17, 15) is 9.90 Å². The van der Waals surface area contributed by atoms with Crippen molar-refractivity contribution in [3.63, 3.8) is 0 Å². The zero-order valence-electron chi connectivity index (χ0n) is 17.4. The second-order valence-electron chi connectivity index (χ2n) is 7.91. The van der Waals surface area contributed by atoms with Crippen molar-refractivity contribution in [2.75, 3.05) is 0 Å². The van der Waals surface area contributed by atoms with Crippen LogP contribution in [0.25, 0.3) is 0 Å². The van der Waals surface area contributed by atoms with Crippen molar-refractivity contribution in [3.8, 4) is 0 Å². The van der Waals surface area contributed by atoms with Gasteiger partial charge in [0.25, 0.3) is 0 Å². The number of amides is 1. The average molecular weight is 418 g/mol. The molecular formula is C24H27N5O2. The lowest BCUT2D eigenvalue weighted by atomic mass is 10.1. The van der Waals surface area contributed by atoms with E-state index in [0.29, 0.717) is 25.9 Å². The first-order valence-electron chi connectivity index (χ1n) is 10.7. The summed E-state index contributed by atoms with van der Waals surface area (Å²) >= 11 is 0. The molecule has 1 fully saturated rings. The molecule has 1 aliphatic rings. The Balaban J connectivity index is 1.36. The molecule has 0 spiro atoms. The smallest absolute Gasteiger partial charge is 0.223 e. The molecule has 31 heavy (non-hydrogen) atoms. The SMILES string of the molecule is O=C1CC[C@H](C=C[C@@H](O)Cc2ccccc2)N1Cc1cccc(CCn2cnnn2)c1. The second kappa shape index (κ2) is 10.1. The Labute approximate surface area is 182 Å². The highest BCUT2D eigenvalue weighted by molar-refractivity contribution is 5.79. The molecule has 7 nitrogen and oxygen atoms in total. The number of carbonyl (C=O) groups is 1. The summed E-state index contributed by atoms with van der Waals surface area (Å²) in [6.45, 7) is 1.28. The third-order valence-electron chi connectivity index (χ3n) is 5.58. The zero-order valence-corrected chi connectivity index (χ0v) is 17.4. The van der Waals surface area contributed by atoms with E-state index in [0.717, 1.165) is 24.0 Å². The summed E-state index contributed by atoms with van der Waals surface area (Å²) in [6.07, 6.45) is 7.58. The highest BCUT2D eigenvalue weighted by atomic mass is 16.3. The largest absolute Gasteiger partial charge is 0.389 e. The van der Waals surface area contributed by atoms with Crippen LogP contribution in [-0.4, -0.2) is 48.3 Å². The molecule has 0 bridgehead atoms. The van der Waals surface area contributed by atoms with Crippen molar-refractivity contribution in [1.29, 1.82) is 0 Å². The number of rotatable bonds is 9. The van der Waals surface area contributed by atoms with Crippen molar-refractivity contribution in [2.24, 2.45) is 0 Å². The number of nitrogens with zero attached hydrogens (tertiary/aromatic N) is 5. The van der Waals surface area contributed by atoms with E-state index in [-0.39, 0.29) is 11.9 Å². The Hall–Kier alpha value is -3.32. The van der Waals surface area contributed by atoms with Crippen molar-refractivity contribution in [3.05, 3.63) is 89.8 Å². The molecule has 1 aromatic heterocycles. The molecule has 0 unspecified atom stereocenters. The third kappa shape index (κ3) is 5.86. The monoisotopic (exact) mass is 417 g/mol. The first-order chi connectivity index (χ1) is 15.2. The van der Waals surface area contributed by atoms with E-state index in [1.165, 1.54) is 5.56 Å². The number of carbonyl (C=O) groups excluding carboxylic acids is 1. The topological polar surface area (TPSA) is 84.1 Å². The molecule has 1 N–H and O–H groups in total. The van der Waals surface area contributed by atoms with Gasteiger partial charge in [0.1, 0.15) is 6.33 Å². The minimum Gasteiger partial charge on any atom is -0.389 e. The number of aromatic nitrogens is 4. The van der Waals surface area contributed by atoms with Gasteiger partial charge < -0.3 is 10.0 Å². The van der Waals surface area contributed by atoms with E-state index < -0.39 is 6.10 Å². The van der Waals surface area contributed by atoms with Crippen LogP contribution in [0.1, 0.15) is 29.5 Å². The average Bonchev–Trinajstić information content (AvgIpc) is 3.42.